The normalized spacial score (nSPS) is 14.8. The minimum absolute atomic E-state index is 0.184. The Morgan fingerprint density at radius 2 is 2.19 bits per heavy atom. The molecule has 0 heterocycles. The molecule has 0 fully saturated rings. The molecule has 0 aliphatic carbocycles. The van der Waals surface area contributed by atoms with E-state index in [0.29, 0.717) is 17.3 Å². The zero-order valence-corrected chi connectivity index (χ0v) is 10.9. The van der Waals surface area contributed by atoms with Gasteiger partial charge in [-0.2, -0.15) is 0 Å². The highest BCUT2D eigenvalue weighted by Gasteiger charge is 2.25. The number of benzene rings is 1. The van der Waals surface area contributed by atoms with Gasteiger partial charge in [0.2, 0.25) is 0 Å². The summed E-state index contributed by atoms with van der Waals surface area (Å²) in [5.41, 5.74) is 5.38. The van der Waals surface area contributed by atoms with Crippen LogP contribution in [0.15, 0.2) is 22.7 Å². The molecule has 0 aliphatic rings. The molecular formula is C12H17BrFNO. The van der Waals surface area contributed by atoms with Crippen LogP contribution in [0, 0.1) is 5.82 Å². The van der Waals surface area contributed by atoms with Crippen molar-refractivity contribution in [3.8, 4) is 0 Å². The first-order chi connectivity index (χ1) is 7.52. The highest BCUT2D eigenvalue weighted by molar-refractivity contribution is 9.10. The van der Waals surface area contributed by atoms with Crippen molar-refractivity contribution in [2.45, 2.75) is 31.8 Å². The predicted octanol–water partition coefficient (Wildman–Crippen LogP) is 2.62. The SMILES string of the molecule is CCCC(O)(CN)Cc1cccc(F)c1Br. The largest absolute Gasteiger partial charge is 0.388 e. The highest BCUT2D eigenvalue weighted by Crippen LogP contribution is 2.26. The fourth-order valence-electron chi connectivity index (χ4n) is 1.77. The van der Waals surface area contributed by atoms with Crippen molar-refractivity contribution >= 4 is 15.9 Å². The number of rotatable bonds is 5. The minimum Gasteiger partial charge on any atom is -0.388 e. The van der Waals surface area contributed by atoms with Gasteiger partial charge in [-0.25, -0.2) is 4.39 Å². The lowest BCUT2D eigenvalue weighted by atomic mass is 9.90. The van der Waals surface area contributed by atoms with Gasteiger partial charge in [-0.05, 0) is 34.0 Å². The first-order valence-electron chi connectivity index (χ1n) is 5.38. The molecule has 1 atom stereocenters. The molecule has 0 saturated heterocycles. The molecule has 0 amide bonds. The molecule has 2 nitrogen and oxygen atoms in total. The van der Waals surface area contributed by atoms with Crippen LogP contribution in [0.25, 0.3) is 0 Å². The molecule has 3 N–H and O–H groups in total. The summed E-state index contributed by atoms with van der Waals surface area (Å²) in [6, 6.07) is 4.82. The molecule has 0 radical (unpaired) electrons. The molecule has 1 aromatic carbocycles. The molecule has 4 heteroatoms. The smallest absolute Gasteiger partial charge is 0.137 e. The van der Waals surface area contributed by atoms with Crippen LogP contribution in [-0.4, -0.2) is 17.3 Å². The summed E-state index contributed by atoms with van der Waals surface area (Å²) in [5.74, 6) is -0.312. The second-order valence-electron chi connectivity index (χ2n) is 4.07. The van der Waals surface area contributed by atoms with Gasteiger partial charge in [0.05, 0.1) is 10.1 Å². The Kier molecular flexibility index (Phi) is 4.89. The van der Waals surface area contributed by atoms with E-state index in [0.717, 1.165) is 12.0 Å². The van der Waals surface area contributed by atoms with Crippen molar-refractivity contribution in [2.24, 2.45) is 5.73 Å². The van der Waals surface area contributed by atoms with Crippen LogP contribution in [0.2, 0.25) is 0 Å². The fourth-order valence-corrected chi connectivity index (χ4v) is 2.17. The monoisotopic (exact) mass is 289 g/mol. The predicted molar refractivity (Wildman–Crippen MR) is 66.7 cm³/mol. The molecule has 16 heavy (non-hydrogen) atoms. The summed E-state index contributed by atoms with van der Waals surface area (Å²) < 4.78 is 13.7. The van der Waals surface area contributed by atoms with E-state index in [9.17, 15) is 9.50 Å². The lowest BCUT2D eigenvalue weighted by Gasteiger charge is -2.26. The van der Waals surface area contributed by atoms with Gasteiger partial charge in [0.25, 0.3) is 0 Å². The van der Waals surface area contributed by atoms with Crippen LogP contribution in [0.3, 0.4) is 0 Å². The Labute approximate surface area is 104 Å². The summed E-state index contributed by atoms with van der Waals surface area (Å²) in [7, 11) is 0. The van der Waals surface area contributed by atoms with Crippen LogP contribution < -0.4 is 5.73 Å². The molecule has 90 valence electrons. The van der Waals surface area contributed by atoms with Crippen LogP contribution in [0.1, 0.15) is 25.3 Å². The third-order valence-electron chi connectivity index (χ3n) is 2.65. The Hall–Kier alpha value is -0.450. The summed E-state index contributed by atoms with van der Waals surface area (Å²) >= 11 is 3.19. The molecule has 1 unspecified atom stereocenters. The first-order valence-corrected chi connectivity index (χ1v) is 6.17. The van der Waals surface area contributed by atoms with Gasteiger partial charge in [-0.1, -0.05) is 25.5 Å². The van der Waals surface area contributed by atoms with Crippen LogP contribution >= 0.6 is 15.9 Å². The molecular weight excluding hydrogens is 273 g/mol. The summed E-state index contributed by atoms with van der Waals surface area (Å²) in [5, 5.41) is 10.2. The molecule has 0 bridgehead atoms. The van der Waals surface area contributed by atoms with Gasteiger partial charge in [-0.15, -0.1) is 0 Å². The zero-order chi connectivity index (χ0) is 12.2. The van der Waals surface area contributed by atoms with E-state index in [1.165, 1.54) is 6.07 Å². The van der Waals surface area contributed by atoms with E-state index in [2.05, 4.69) is 15.9 Å². The quantitative estimate of drug-likeness (QED) is 0.875. The van der Waals surface area contributed by atoms with Crippen molar-refractivity contribution in [1.82, 2.24) is 0 Å². The van der Waals surface area contributed by atoms with Crippen molar-refractivity contribution in [2.75, 3.05) is 6.54 Å². The van der Waals surface area contributed by atoms with Gasteiger partial charge >= 0.3 is 0 Å². The maximum atomic E-state index is 13.3. The van der Waals surface area contributed by atoms with E-state index in [-0.39, 0.29) is 12.4 Å². The van der Waals surface area contributed by atoms with Gasteiger partial charge in [0, 0.05) is 13.0 Å². The lowest BCUT2D eigenvalue weighted by Crippen LogP contribution is -2.39. The maximum absolute atomic E-state index is 13.3. The van der Waals surface area contributed by atoms with Crippen molar-refractivity contribution in [3.05, 3.63) is 34.1 Å². The standard InChI is InChI=1S/C12H17BrFNO/c1-2-6-12(16,8-15)7-9-4-3-5-10(14)11(9)13/h3-5,16H,2,6-8,15H2,1H3. The summed E-state index contributed by atoms with van der Waals surface area (Å²) in [6.07, 6.45) is 1.84. The highest BCUT2D eigenvalue weighted by atomic mass is 79.9. The van der Waals surface area contributed by atoms with Crippen LogP contribution in [-0.2, 0) is 6.42 Å². The van der Waals surface area contributed by atoms with Crippen LogP contribution in [0.4, 0.5) is 4.39 Å². The second kappa shape index (κ2) is 5.75. The molecule has 1 rings (SSSR count). The van der Waals surface area contributed by atoms with E-state index < -0.39 is 5.60 Å². The van der Waals surface area contributed by atoms with Crippen molar-refractivity contribution < 1.29 is 9.50 Å². The van der Waals surface area contributed by atoms with Gasteiger partial charge in [-0.3, -0.25) is 0 Å². The third-order valence-corrected chi connectivity index (χ3v) is 3.53. The lowest BCUT2D eigenvalue weighted by molar-refractivity contribution is 0.0397. The van der Waals surface area contributed by atoms with Gasteiger partial charge in [0.1, 0.15) is 5.82 Å². The Bertz CT molecular complexity index is 359. The number of aliphatic hydroxyl groups is 1. The zero-order valence-electron chi connectivity index (χ0n) is 9.34. The number of hydrogen-bond donors (Lipinski definition) is 2. The topological polar surface area (TPSA) is 46.2 Å². The summed E-state index contributed by atoms with van der Waals surface area (Å²) in [4.78, 5) is 0. The number of nitrogens with two attached hydrogens (primary N) is 1. The molecule has 0 spiro atoms. The number of halogens is 2. The average molecular weight is 290 g/mol. The fraction of sp³-hybridized carbons (Fsp3) is 0.500. The summed E-state index contributed by atoms with van der Waals surface area (Å²) in [6.45, 7) is 2.17. The Balaban J connectivity index is 2.90. The van der Waals surface area contributed by atoms with E-state index in [4.69, 9.17) is 5.73 Å². The number of hydrogen-bond acceptors (Lipinski definition) is 2. The average Bonchev–Trinajstić information content (AvgIpc) is 2.25. The molecule has 0 aliphatic heterocycles. The van der Waals surface area contributed by atoms with Crippen LogP contribution in [0.5, 0.6) is 0 Å². The molecule has 0 aromatic heterocycles. The van der Waals surface area contributed by atoms with Crippen molar-refractivity contribution in [3.63, 3.8) is 0 Å². The van der Waals surface area contributed by atoms with E-state index in [1.807, 2.05) is 6.92 Å². The Morgan fingerprint density at radius 1 is 1.50 bits per heavy atom. The van der Waals surface area contributed by atoms with E-state index in [1.54, 1.807) is 12.1 Å². The minimum atomic E-state index is -0.939. The molecule has 1 aromatic rings. The third kappa shape index (κ3) is 3.27. The second-order valence-corrected chi connectivity index (χ2v) is 4.86. The molecule has 0 saturated carbocycles. The first kappa shape index (κ1) is 13.6. The van der Waals surface area contributed by atoms with Gasteiger partial charge < -0.3 is 10.8 Å². The Morgan fingerprint density at radius 3 is 2.75 bits per heavy atom. The van der Waals surface area contributed by atoms with E-state index >= 15 is 0 Å². The van der Waals surface area contributed by atoms with Crippen molar-refractivity contribution in [1.29, 1.82) is 0 Å². The maximum Gasteiger partial charge on any atom is 0.137 e. The van der Waals surface area contributed by atoms with Gasteiger partial charge in [0.15, 0.2) is 0 Å².